The summed E-state index contributed by atoms with van der Waals surface area (Å²) in [5.41, 5.74) is 3.03. The Morgan fingerprint density at radius 2 is 1.88 bits per heavy atom. The molecule has 0 aliphatic carbocycles. The molecule has 3 aliphatic heterocycles. The number of hydrogen-bond donors (Lipinski definition) is 2. The van der Waals surface area contributed by atoms with Gasteiger partial charge >= 0.3 is 5.97 Å². The smallest absolute Gasteiger partial charge is 0.335 e. The zero-order valence-corrected chi connectivity index (χ0v) is 24.2. The first-order valence-corrected chi connectivity index (χ1v) is 14.1. The van der Waals surface area contributed by atoms with Gasteiger partial charge in [0.15, 0.2) is 0 Å². The number of benzene rings is 3. The number of carboxylic acids is 1. The number of carbonyl (C=O) groups excluding carboxylic acids is 1. The third-order valence-electron chi connectivity index (χ3n) is 8.85. The summed E-state index contributed by atoms with van der Waals surface area (Å²) in [5, 5.41) is 13.7. The van der Waals surface area contributed by atoms with Crippen molar-refractivity contribution in [2.24, 2.45) is 5.41 Å². The fraction of sp³-hybridized carbons (Fsp3) is 0.375. The van der Waals surface area contributed by atoms with Crippen LogP contribution < -0.4 is 15.0 Å². The van der Waals surface area contributed by atoms with Gasteiger partial charge in [0.25, 0.3) is 0 Å². The van der Waals surface area contributed by atoms with Gasteiger partial charge < -0.3 is 15.2 Å². The molecule has 3 heterocycles. The summed E-state index contributed by atoms with van der Waals surface area (Å²) >= 11 is 6.40. The second-order valence-electron chi connectivity index (χ2n) is 12.5. The van der Waals surface area contributed by atoms with Gasteiger partial charge in [-0.15, -0.1) is 0 Å². The standard InChI is InChI=1S/C32H33ClFN3O4/c1-31(2,3)15-26-32(16-35-23-14-20(33)8-11-22(23)32)27(18-5-9-21(34)10-6-18)28-29(38)36(17-37(26)28)24-12-7-19(30(39)40)13-25(24)41-4/h5-14,26-28,35H,15-17H2,1-4H3,(H,39,40)/t26-,27-,28+,32-/m0/s1. The lowest BCUT2D eigenvalue weighted by Crippen LogP contribution is -2.49. The van der Waals surface area contributed by atoms with Crippen LogP contribution in [0.2, 0.25) is 5.02 Å². The average Bonchev–Trinajstić information content (AvgIpc) is 3.54. The number of aromatic carboxylic acids is 1. The number of amides is 1. The maximum atomic E-state index is 14.5. The lowest BCUT2D eigenvalue weighted by Gasteiger charge is -2.42. The molecule has 9 heteroatoms. The predicted octanol–water partition coefficient (Wildman–Crippen LogP) is 6.13. The molecule has 4 atom stereocenters. The molecule has 0 bridgehead atoms. The summed E-state index contributed by atoms with van der Waals surface area (Å²) in [7, 11) is 1.47. The zero-order chi connectivity index (χ0) is 29.3. The summed E-state index contributed by atoms with van der Waals surface area (Å²) in [5.74, 6) is -1.46. The first-order chi connectivity index (χ1) is 19.4. The number of halogens is 2. The molecule has 0 unspecified atom stereocenters. The summed E-state index contributed by atoms with van der Waals surface area (Å²) < 4.78 is 19.7. The van der Waals surface area contributed by atoms with Gasteiger partial charge in [0.1, 0.15) is 11.6 Å². The van der Waals surface area contributed by atoms with E-state index >= 15 is 0 Å². The maximum Gasteiger partial charge on any atom is 0.335 e. The molecular weight excluding hydrogens is 545 g/mol. The van der Waals surface area contributed by atoms with Crippen LogP contribution in [-0.2, 0) is 10.2 Å². The molecule has 3 aromatic carbocycles. The largest absolute Gasteiger partial charge is 0.495 e. The van der Waals surface area contributed by atoms with Gasteiger partial charge in [0, 0.05) is 34.6 Å². The Balaban J connectivity index is 1.54. The quantitative estimate of drug-likeness (QED) is 0.380. The van der Waals surface area contributed by atoms with Crippen LogP contribution in [0.25, 0.3) is 0 Å². The highest BCUT2D eigenvalue weighted by Gasteiger charge is 2.67. The van der Waals surface area contributed by atoms with E-state index in [-0.39, 0.29) is 34.7 Å². The van der Waals surface area contributed by atoms with Crippen molar-refractivity contribution in [3.8, 4) is 5.75 Å². The van der Waals surface area contributed by atoms with Gasteiger partial charge in [-0.2, -0.15) is 0 Å². The molecule has 7 nitrogen and oxygen atoms in total. The SMILES string of the molecule is COc1cc(C(=O)O)ccc1N1CN2[C@@H](CC(C)(C)C)[C@@]3(CNc4cc(Cl)ccc43)[C@@H](c3ccc(F)cc3)[C@@H]2C1=O. The Morgan fingerprint density at radius 3 is 2.54 bits per heavy atom. The lowest BCUT2D eigenvalue weighted by atomic mass is 9.63. The monoisotopic (exact) mass is 577 g/mol. The van der Waals surface area contributed by atoms with Crippen molar-refractivity contribution in [3.05, 3.63) is 88.2 Å². The van der Waals surface area contributed by atoms with Crippen LogP contribution in [-0.4, -0.2) is 54.3 Å². The van der Waals surface area contributed by atoms with E-state index in [0.29, 0.717) is 29.7 Å². The first-order valence-electron chi connectivity index (χ1n) is 13.7. The molecule has 3 aromatic rings. The number of carbonyl (C=O) groups is 2. The molecule has 0 aromatic heterocycles. The lowest BCUT2D eigenvalue weighted by molar-refractivity contribution is -0.119. The van der Waals surface area contributed by atoms with E-state index in [1.54, 1.807) is 23.1 Å². The van der Waals surface area contributed by atoms with Gasteiger partial charge in [0.05, 0.1) is 31.1 Å². The number of hydrogen-bond acceptors (Lipinski definition) is 5. The third kappa shape index (κ3) is 4.35. The Morgan fingerprint density at radius 1 is 1.15 bits per heavy atom. The van der Waals surface area contributed by atoms with Crippen LogP contribution >= 0.6 is 11.6 Å². The van der Waals surface area contributed by atoms with Crippen molar-refractivity contribution in [3.63, 3.8) is 0 Å². The molecule has 0 saturated carbocycles. The predicted molar refractivity (Wildman–Crippen MR) is 157 cm³/mol. The van der Waals surface area contributed by atoms with Crippen LogP contribution in [0.4, 0.5) is 15.8 Å². The van der Waals surface area contributed by atoms with Crippen molar-refractivity contribution in [1.82, 2.24) is 4.90 Å². The highest BCUT2D eigenvalue weighted by Crippen LogP contribution is 2.61. The Bertz CT molecular complexity index is 1540. The molecule has 2 saturated heterocycles. The van der Waals surface area contributed by atoms with Crippen LogP contribution in [0.3, 0.4) is 0 Å². The number of anilines is 2. The molecule has 6 rings (SSSR count). The third-order valence-corrected chi connectivity index (χ3v) is 9.09. The van der Waals surface area contributed by atoms with Crippen LogP contribution in [0, 0.1) is 11.2 Å². The number of nitrogens with zero attached hydrogens (tertiary/aromatic N) is 2. The van der Waals surface area contributed by atoms with Crippen molar-refractivity contribution >= 4 is 34.9 Å². The van der Waals surface area contributed by atoms with E-state index in [1.165, 1.54) is 31.4 Å². The van der Waals surface area contributed by atoms with Crippen molar-refractivity contribution in [2.75, 3.05) is 30.5 Å². The topological polar surface area (TPSA) is 82.1 Å². The van der Waals surface area contributed by atoms with E-state index in [9.17, 15) is 19.1 Å². The summed E-state index contributed by atoms with van der Waals surface area (Å²) in [6.45, 7) is 7.54. The Kier molecular flexibility index (Phi) is 6.54. The van der Waals surface area contributed by atoms with E-state index in [0.717, 1.165) is 23.2 Å². The van der Waals surface area contributed by atoms with E-state index < -0.39 is 17.4 Å². The van der Waals surface area contributed by atoms with Crippen LogP contribution in [0.15, 0.2) is 60.7 Å². The van der Waals surface area contributed by atoms with E-state index in [4.69, 9.17) is 16.3 Å². The minimum Gasteiger partial charge on any atom is -0.495 e. The Labute approximate surface area is 243 Å². The highest BCUT2D eigenvalue weighted by molar-refractivity contribution is 6.30. The molecular formula is C32H33ClFN3O4. The van der Waals surface area contributed by atoms with Gasteiger partial charge in [-0.25, -0.2) is 9.18 Å². The normalized spacial score (nSPS) is 25.4. The highest BCUT2D eigenvalue weighted by atomic mass is 35.5. The maximum absolute atomic E-state index is 14.5. The van der Waals surface area contributed by atoms with Crippen molar-refractivity contribution < 1.29 is 23.8 Å². The summed E-state index contributed by atoms with van der Waals surface area (Å²) in [4.78, 5) is 30.1. The fourth-order valence-electron chi connectivity index (χ4n) is 7.27. The number of rotatable bonds is 5. The van der Waals surface area contributed by atoms with Gasteiger partial charge in [-0.05, 0) is 65.4 Å². The molecule has 2 N–H and O–H groups in total. The molecule has 0 radical (unpaired) electrons. The first kappa shape index (κ1) is 27.5. The van der Waals surface area contributed by atoms with Gasteiger partial charge in [-0.1, -0.05) is 50.6 Å². The number of carboxylic acid groups (broad SMARTS) is 1. The minimum atomic E-state index is -1.07. The number of fused-ring (bicyclic) bond motifs is 3. The van der Waals surface area contributed by atoms with Gasteiger partial charge in [-0.3, -0.25) is 14.6 Å². The fourth-order valence-corrected chi connectivity index (χ4v) is 7.44. The second-order valence-corrected chi connectivity index (χ2v) is 12.9. The zero-order valence-electron chi connectivity index (χ0n) is 23.4. The molecule has 1 amide bonds. The average molecular weight is 578 g/mol. The Hall–Kier alpha value is -3.62. The van der Waals surface area contributed by atoms with Crippen molar-refractivity contribution in [1.29, 1.82) is 0 Å². The summed E-state index contributed by atoms with van der Waals surface area (Å²) in [6, 6.07) is 16.4. The van der Waals surface area contributed by atoms with E-state index in [2.05, 4.69) is 37.1 Å². The van der Waals surface area contributed by atoms with E-state index in [1.807, 2.05) is 12.1 Å². The molecule has 3 aliphatic rings. The molecule has 214 valence electrons. The van der Waals surface area contributed by atoms with Crippen molar-refractivity contribution in [2.45, 2.75) is 50.6 Å². The second kappa shape index (κ2) is 9.74. The molecule has 41 heavy (non-hydrogen) atoms. The summed E-state index contributed by atoms with van der Waals surface area (Å²) in [6.07, 6.45) is 0.807. The minimum absolute atomic E-state index is 0.0456. The molecule has 1 spiro atoms. The van der Waals surface area contributed by atoms with Crippen LogP contribution in [0.5, 0.6) is 5.75 Å². The number of nitrogens with one attached hydrogen (secondary N) is 1. The van der Waals surface area contributed by atoms with Crippen LogP contribution in [0.1, 0.15) is 54.6 Å². The number of ether oxygens (including phenoxy) is 1. The van der Waals surface area contributed by atoms with Gasteiger partial charge in [0.2, 0.25) is 5.91 Å². The molecule has 2 fully saturated rings. The number of methoxy groups -OCH3 is 1.